The molecule has 1 nitrogen and oxygen atoms in total. The van der Waals surface area contributed by atoms with Crippen molar-refractivity contribution < 1.29 is 4.74 Å². The van der Waals surface area contributed by atoms with E-state index in [2.05, 4.69) is 34.1 Å². The summed E-state index contributed by atoms with van der Waals surface area (Å²) in [6.07, 6.45) is 7.81. The van der Waals surface area contributed by atoms with Gasteiger partial charge in [-0.15, -0.1) is 0 Å². The predicted octanol–water partition coefficient (Wildman–Crippen LogP) is 4.12. The third-order valence-electron chi connectivity index (χ3n) is 4.12. The largest absolute Gasteiger partial charge is 0.493 e. The van der Waals surface area contributed by atoms with Crippen molar-refractivity contribution in [2.75, 3.05) is 6.61 Å². The lowest BCUT2D eigenvalue weighted by Crippen LogP contribution is -2.07. The summed E-state index contributed by atoms with van der Waals surface area (Å²) in [5.74, 6) is 1.99. The Kier molecular flexibility index (Phi) is 3.41. The molecule has 1 aliphatic heterocycles. The van der Waals surface area contributed by atoms with Crippen molar-refractivity contribution in [1.82, 2.24) is 0 Å². The number of benzene rings is 1. The maximum Gasteiger partial charge on any atom is 0.122 e. The van der Waals surface area contributed by atoms with Crippen LogP contribution < -0.4 is 4.74 Å². The van der Waals surface area contributed by atoms with Crippen molar-refractivity contribution in [2.45, 2.75) is 43.4 Å². The van der Waals surface area contributed by atoms with Crippen LogP contribution in [0.4, 0.5) is 0 Å². The molecule has 1 aromatic carbocycles. The normalized spacial score (nSPS) is 26.9. The fourth-order valence-electron chi connectivity index (χ4n) is 3.06. The van der Waals surface area contributed by atoms with E-state index in [-0.39, 0.29) is 0 Å². The summed E-state index contributed by atoms with van der Waals surface area (Å²) in [4.78, 5) is 0.764. The lowest BCUT2D eigenvalue weighted by atomic mass is 9.97. The Bertz CT molecular complexity index is 402. The minimum absolute atomic E-state index is 0.764. The molecule has 1 fully saturated rings. The van der Waals surface area contributed by atoms with Gasteiger partial charge in [0.05, 0.1) is 6.61 Å². The summed E-state index contributed by atoms with van der Waals surface area (Å²) in [6, 6.07) is 6.74. The first-order chi connectivity index (χ1) is 8.33. The van der Waals surface area contributed by atoms with Crippen LogP contribution in [0, 0.1) is 5.92 Å². The molecule has 0 amide bonds. The van der Waals surface area contributed by atoms with Crippen molar-refractivity contribution in [3.05, 3.63) is 29.3 Å². The molecule has 1 saturated carbocycles. The van der Waals surface area contributed by atoms with E-state index in [1.807, 2.05) is 0 Å². The summed E-state index contributed by atoms with van der Waals surface area (Å²) in [5, 5.41) is 0. The fourth-order valence-corrected chi connectivity index (χ4v) is 3.92. The zero-order chi connectivity index (χ0) is 11.7. The van der Waals surface area contributed by atoms with Gasteiger partial charge >= 0.3 is 0 Å². The monoisotopic (exact) mass is 294 g/mol. The van der Waals surface area contributed by atoms with Crippen LogP contribution in [0.5, 0.6) is 5.75 Å². The molecule has 0 aromatic heterocycles. The first kappa shape index (κ1) is 11.6. The van der Waals surface area contributed by atoms with Crippen LogP contribution in [0.25, 0.3) is 0 Å². The van der Waals surface area contributed by atoms with Crippen LogP contribution in [-0.4, -0.2) is 11.4 Å². The third kappa shape index (κ3) is 2.52. The quantitative estimate of drug-likeness (QED) is 0.762. The zero-order valence-electron chi connectivity index (χ0n) is 10.1. The molecule has 0 bridgehead atoms. The van der Waals surface area contributed by atoms with E-state index in [9.17, 15) is 0 Å². The van der Waals surface area contributed by atoms with Crippen LogP contribution in [0.2, 0.25) is 0 Å². The van der Waals surface area contributed by atoms with Crippen molar-refractivity contribution in [3.8, 4) is 5.75 Å². The van der Waals surface area contributed by atoms with Gasteiger partial charge in [-0.25, -0.2) is 0 Å². The van der Waals surface area contributed by atoms with Crippen molar-refractivity contribution >= 4 is 15.9 Å². The summed E-state index contributed by atoms with van der Waals surface area (Å²) < 4.78 is 5.54. The number of aryl methyl sites for hydroxylation is 1. The second-order valence-electron chi connectivity index (χ2n) is 5.29. The Labute approximate surface area is 112 Å². The van der Waals surface area contributed by atoms with E-state index < -0.39 is 0 Å². The molecular formula is C15H19BrO. The topological polar surface area (TPSA) is 9.23 Å². The maximum atomic E-state index is 5.54. The molecule has 3 rings (SSSR count). The molecular weight excluding hydrogens is 276 g/mol. The summed E-state index contributed by atoms with van der Waals surface area (Å²) in [5.41, 5.74) is 2.89. The lowest BCUT2D eigenvalue weighted by Gasteiger charge is -2.13. The number of rotatable bonds is 3. The minimum atomic E-state index is 0.764. The second kappa shape index (κ2) is 5.01. The van der Waals surface area contributed by atoms with E-state index in [4.69, 9.17) is 4.74 Å². The molecule has 1 aliphatic carbocycles. The fraction of sp³-hybridized carbons (Fsp3) is 0.600. The molecule has 1 heterocycles. The van der Waals surface area contributed by atoms with Crippen molar-refractivity contribution in [2.24, 2.45) is 5.92 Å². The highest BCUT2D eigenvalue weighted by Crippen LogP contribution is 2.35. The van der Waals surface area contributed by atoms with Crippen LogP contribution in [-0.2, 0) is 12.8 Å². The van der Waals surface area contributed by atoms with Gasteiger partial charge in [0.2, 0.25) is 0 Å². The van der Waals surface area contributed by atoms with Crippen molar-refractivity contribution in [1.29, 1.82) is 0 Å². The molecule has 17 heavy (non-hydrogen) atoms. The Morgan fingerprint density at radius 3 is 3.06 bits per heavy atom. The molecule has 2 aliphatic rings. The number of halogens is 1. The van der Waals surface area contributed by atoms with Crippen LogP contribution in [0.1, 0.15) is 36.8 Å². The Hall–Kier alpha value is -0.500. The lowest BCUT2D eigenvalue weighted by molar-refractivity contribution is 0.357. The number of hydrogen-bond donors (Lipinski definition) is 0. The van der Waals surface area contributed by atoms with E-state index in [0.29, 0.717) is 0 Å². The van der Waals surface area contributed by atoms with Gasteiger partial charge < -0.3 is 4.74 Å². The highest BCUT2D eigenvalue weighted by atomic mass is 79.9. The first-order valence-corrected chi connectivity index (χ1v) is 7.63. The van der Waals surface area contributed by atoms with Crippen LogP contribution in [0.15, 0.2) is 18.2 Å². The SMILES string of the molecule is BrC1CCCC1CCc1ccc2c(c1)CCO2. The molecule has 2 unspecified atom stereocenters. The molecule has 2 atom stereocenters. The van der Waals surface area contributed by atoms with Crippen LogP contribution >= 0.6 is 15.9 Å². The average Bonchev–Trinajstić information content (AvgIpc) is 2.94. The van der Waals surface area contributed by atoms with Gasteiger partial charge in [0, 0.05) is 11.2 Å². The molecule has 92 valence electrons. The smallest absolute Gasteiger partial charge is 0.122 e. The van der Waals surface area contributed by atoms with E-state index in [1.165, 1.54) is 43.2 Å². The average molecular weight is 295 g/mol. The minimum Gasteiger partial charge on any atom is -0.493 e. The summed E-state index contributed by atoms with van der Waals surface area (Å²) in [6.45, 7) is 0.866. The van der Waals surface area contributed by atoms with E-state index >= 15 is 0 Å². The van der Waals surface area contributed by atoms with Gasteiger partial charge in [-0.3, -0.25) is 0 Å². The highest BCUT2D eigenvalue weighted by molar-refractivity contribution is 9.09. The van der Waals surface area contributed by atoms with Gasteiger partial charge in [0.1, 0.15) is 5.75 Å². The Morgan fingerprint density at radius 1 is 1.29 bits per heavy atom. The molecule has 0 saturated heterocycles. The van der Waals surface area contributed by atoms with Gasteiger partial charge in [-0.1, -0.05) is 34.5 Å². The van der Waals surface area contributed by atoms with Crippen LogP contribution in [0.3, 0.4) is 0 Å². The van der Waals surface area contributed by atoms with Crippen molar-refractivity contribution in [3.63, 3.8) is 0 Å². The number of alkyl halides is 1. The van der Waals surface area contributed by atoms with E-state index in [0.717, 1.165) is 29.5 Å². The second-order valence-corrected chi connectivity index (χ2v) is 6.46. The predicted molar refractivity (Wildman–Crippen MR) is 74.0 cm³/mol. The van der Waals surface area contributed by atoms with Gasteiger partial charge in [0.15, 0.2) is 0 Å². The molecule has 2 heteroatoms. The molecule has 1 aromatic rings. The molecule has 0 spiro atoms. The molecule has 0 N–H and O–H groups in total. The standard InChI is InChI=1S/C15H19BrO/c16-14-3-1-2-12(14)6-4-11-5-7-15-13(10-11)8-9-17-15/h5,7,10,12,14H,1-4,6,8-9H2. The number of hydrogen-bond acceptors (Lipinski definition) is 1. The van der Waals surface area contributed by atoms with Gasteiger partial charge in [0.25, 0.3) is 0 Å². The number of fused-ring (bicyclic) bond motifs is 1. The maximum absolute atomic E-state index is 5.54. The van der Waals surface area contributed by atoms with Gasteiger partial charge in [-0.05, 0) is 48.8 Å². The Balaban J connectivity index is 1.61. The van der Waals surface area contributed by atoms with Gasteiger partial charge in [-0.2, -0.15) is 0 Å². The highest BCUT2D eigenvalue weighted by Gasteiger charge is 2.24. The summed E-state index contributed by atoms with van der Waals surface area (Å²) >= 11 is 3.81. The molecule has 0 radical (unpaired) electrons. The zero-order valence-corrected chi connectivity index (χ0v) is 11.7. The Morgan fingerprint density at radius 2 is 2.24 bits per heavy atom. The van der Waals surface area contributed by atoms with E-state index in [1.54, 1.807) is 0 Å². The first-order valence-electron chi connectivity index (χ1n) is 6.71. The third-order valence-corrected chi connectivity index (χ3v) is 5.33. The number of ether oxygens (including phenoxy) is 1. The summed E-state index contributed by atoms with van der Waals surface area (Å²) in [7, 11) is 0.